The van der Waals surface area contributed by atoms with Crippen molar-refractivity contribution < 1.29 is 18.3 Å². The molecule has 0 spiro atoms. The van der Waals surface area contributed by atoms with E-state index in [4.69, 9.17) is 0 Å². The molecule has 1 saturated carbocycles. The van der Waals surface area contributed by atoms with Crippen LogP contribution in [0.25, 0.3) is 0 Å². The van der Waals surface area contributed by atoms with Crippen molar-refractivity contribution in [3.8, 4) is 0 Å². The topological polar surface area (TPSA) is 83.5 Å². The van der Waals surface area contributed by atoms with E-state index in [-0.39, 0.29) is 17.0 Å². The Morgan fingerprint density at radius 1 is 1.14 bits per heavy atom. The normalized spacial score (nSPS) is 23.1. The quantitative estimate of drug-likeness (QED) is 0.823. The molecular formula is C15H19NO4S. The highest BCUT2D eigenvalue weighted by molar-refractivity contribution is 7.94. The van der Waals surface area contributed by atoms with E-state index >= 15 is 0 Å². The Morgan fingerprint density at radius 2 is 1.76 bits per heavy atom. The van der Waals surface area contributed by atoms with Gasteiger partial charge in [0.2, 0.25) is 5.91 Å². The van der Waals surface area contributed by atoms with E-state index in [0.29, 0.717) is 25.7 Å². The van der Waals surface area contributed by atoms with Crippen LogP contribution in [-0.2, 0) is 14.6 Å². The fourth-order valence-corrected chi connectivity index (χ4v) is 3.31. The first-order valence-electron chi connectivity index (χ1n) is 6.94. The third-order valence-corrected chi connectivity index (χ3v) is 4.94. The molecule has 1 aromatic carbocycles. The minimum absolute atomic E-state index is 0.00461. The Morgan fingerprint density at radius 3 is 2.38 bits per heavy atom. The second-order valence-electron chi connectivity index (χ2n) is 5.17. The van der Waals surface area contributed by atoms with Gasteiger partial charge in [0, 0.05) is 17.5 Å². The van der Waals surface area contributed by atoms with E-state index in [1.165, 1.54) is 12.1 Å². The molecule has 0 unspecified atom stereocenters. The van der Waals surface area contributed by atoms with Crippen molar-refractivity contribution in [2.24, 2.45) is 0 Å². The van der Waals surface area contributed by atoms with Crippen LogP contribution in [0.4, 0.5) is 0 Å². The Hall–Kier alpha value is -1.66. The predicted molar refractivity (Wildman–Crippen MR) is 79.2 cm³/mol. The highest BCUT2D eigenvalue weighted by Crippen LogP contribution is 2.18. The summed E-state index contributed by atoms with van der Waals surface area (Å²) in [6.45, 7) is 0. The number of hydrogen-bond acceptors (Lipinski definition) is 4. The zero-order valence-electron chi connectivity index (χ0n) is 11.6. The number of nitrogens with one attached hydrogen (secondary N) is 1. The number of aliphatic hydroxyl groups is 1. The molecule has 1 aromatic rings. The van der Waals surface area contributed by atoms with Gasteiger partial charge >= 0.3 is 0 Å². The molecule has 0 aromatic heterocycles. The number of sulfone groups is 1. The minimum atomic E-state index is -3.59. The molecule has 114 valence electrons. The van der Waals surface area contributed by atoms with Crippen LogP contribution in [0.1, 0.15) is 25.7 Å². The summed E-state index contributed by atoms with van der Waals surface area (Å²) < 4.78 is 23.9. The molecular weight excluding hydrogens is 290 g/mol. The molecule has 1 amide bonds. The second kappa shape index (κ2) is 6.87. The highest BCUT2D eigenvalue weighted by Gasteiger charge is 2.20. The molecule has 2 N–H and O–H groups in total. The van der Waals surface area contributed by atoms with Gasteiger partial charge in [0.05, 0.1) is 11.0 Å². The van der Waals surface area contributed by atoms with Crippen LogP contribution < -0.4 is 5.32 Å². The van der Waals surface area contributed by atoms with Crippen LogP contribution in [0.5, 0.6) is 0 Å². The molecule has 6 heteroatoms. The lowest BCUT2D eigenvalue weighted by Gasteiger charge is -2.25. The number of hydrogen-bond donors (Lipinski definition) is 2. The van der Waals surface area contributed by atoms with Crippen molar-refractivity contribution in [2.45, 2.75) is 42.7 Å². The van der Waals surface area contributed by atoms with Gasteiger partial charge in [-0.1, -0.05) is 18.2 Å². The molecule has 0 radical (unpaired) electrons. The number of amides is 1. The summed E-state index contributed by atoms with van der Waals surface area (Å²) in [5.74, 6) is -0.420. The molecule has 0 saturated heterocycles. The van der Waals surface area contributed by atoms with Crippen LogP contribution >= 0.6 is 0 Å². The molecule has 21 heavy (non-hydrogen) atoms. The molecule has 2 rings (SSSR count). The first-order valence-corrected chi connectivity index (χ1v) is 8.49. The number of carbonyl (C=O) groups excluding carboxylic acids is 1. The molecule has 0 atom stereocenters. The summed E-state index contributed by atoms with van der Waals surface area (Å²) >= 11 is 0. The van der Waals surface area contributed by atoms with Crippen molar-refractivity contribution in [1.82, 2.24) is 5.32 Å². The van der Waals surface area contributed by atoms with E-state index in [0.717, 1.165) is 11.5 Å². The van der Waals surface area contributed by atoms with Crippen molar-refractivity contribution in [2.75, 3.05) is 0 Å². The van der Waals surface area contributed by atoms with Gasteiger partial charge in [-0.2, -0.15) is 0 Å². The number of aliphatic hydroxyl groups excluding tert-OH is 1. The van der Waals surface area contributed by atoms with Crippen molar-refractivity contribution in [3.05, 3.63) is 41.8 Å². The van der Waals surface area contributed by atoms with Gasteiger partial charge in [-0.05, 0) is 37.8 Å². The second-order valence-corrected chi connectivity index (χ2v) is 7.01. The van der Waals surface area contributed by atoms with E-state index in [9.17, 15) is 18.3 Å². The molecule has 1 aliphatic rings. The standard InChI is InChI=1S/C15H19NO4S/c17-13-8-6-12(7-9-13)16-15(18)10-11-21(19,20)14-4-2-1-3-5-14/h1-5,10-13,17H,6-9H2,(H,16,18)/b11-10+. The summed E-state index contributed by atoms with van der Waals surface area (Å²) in [4.78, 5) is 11.9. The number of carbonyl (C=O) groups is 1. The molecule has 1 aliphatic carbocycles. The van der Waals surface area contributed by atoms with Crippen molar-refractivity contribution in [3.63, 3.8) is 0 Å². The van der Waals surface area contributed by atoms with Crippen LogP contribution in [0.15, 0.2) is 46.7 Å². The first-order chi connectivity index (χ1) is 9.97. The Kier molecular flexibility index (Phi) is 5.14. The zero-order chi connectivity index (χ0) is 15.3. The monoisotopic (exact) mass is 309 g/mol. The third-order valence-electron chi connectivity index (χ3n) is 3.51. The highest BCUT2D eigenvalue weighted by atomic mass is 32.2. The summed E-state index contributed by atoms with van der Waals surface area (Å²) in [5.41, 5.74) is 0. The van der Waals surface area contributed by atoms with Gasteiger partial charge in [0.1, 0.15) is 0 Å². The lowest BCUT2D eigenvalue weighted by molar-refractivity contribution is -0.117. The summed E-state index contributed by atoms with van der Waals surface area (Å²) in [6.07, 6.45) is 3.52. The van der Waals surface area contributed by atoms with Crippen LogP contribution in [-0.4, -0.2) is 31.6 Å². The Balaban J connectivity index is 1.93. The fraction of sp³-hybridized carbons (Fsp3) is 0.400. The average Bonchev–Trinajstić information content (AvgIpc) is 2.49. The van der Waals surface area contributed by atoms with Gasteiger partial charge < -0.3 is 10.4 Å². The SMILES string of the molecule is O=C(/C=C/S(=O)(=O)c1ccccc1)NC1CCC(O)CC1. The Labute approximate surface area is 124 Å². The third kappa shape index (κ3) is 4.68. The lowest BCUT2D eigenvalue weighted by Crippen LogP contribution is -2.37. The van der Waals surface area contributed by atoms with Gasteiger partial charge in [0.25, 0.3) is 0 Å². The van der Waals surface area contributed by atoms with Gasteiger partial charge in [0.15, 0.2) is 9.84 Å². The van der Waals surface area contributed by atoms with Gasteiger partial charge in [-0.25, -0.2) is 8.42 Å². The predicted octanol–water partition coefficient (Wildman–Crippen LogP) is 1.39. The maximum Gasteiger partial charge on any atom is 0.244 e. The minimum Gasteiger partial charge on any atom is -0.393 e. The van der Waals surface area contributed by atoms with Gasteiger partial charge in [-0.15, -0.1) is 0 Å². The van der Waals surface area contributed by atoms with E-state index in [1.807, 2.05) is 0 Å². The Bertz CT molecular complexity index is 602. The smallest absolute Gasteiger partial charge is 0.244 e. The van der Waals surface area contributed by atoms with Crippen LogP contribution in [0.3, 0.4) is 0 Å². The molecule has 1 fully saturated rings. The maximum atomic E-state index is 12.0. The van der Waals surface area contributed by atoms with Gasteiger partial charge in [-0.3, -0.25) is 4.79 Å². The van der Waals surface area contributed by atoms with Crippen molar-refractivity contribution >= 4 is 15.7 Å². The molecule has 5 nitrogen and oxygen atoms in total. The number of benzene rings is 1. The van der Waals surface area contributed by atoms with Crippen molar-refractivity contribution in [1.29, 1.82) is 0 Å². The van der Waals surface area contributed by atoms with Crippen LogP contribution in [0.2, 0.25) is 0 Å². The lowest BCUT2D eigenvalue weighted by atomic mass is 9.93. The summed E-state index contributed by atoms with van der Waals surface area (Å²) in [6, 6.07) is 7.97. The largest absolute Gasteiger partial charge is 0.393 e. The van der Waals surface area contributed by atoms with E-state index < -0.39 is 15.7 Å². The van der Waals surface area contributed by atoms with E-state index in [1.54, 1.807) is 18.2 Å². The molecule has 0 bridgehead atoms. The summed E-state index contributed by atoms with van der Waals surface area (Å²) in [5, 5.41) is 13.1. The van der Waals surface area contributed by atoms with E-state index in [2.05, 4.69) is 5.32 Å². The first kappa shape index (κ1) is 15.7. The molecule has 0 aliphatic heterocycles. The molecule has 0 heterocycles. The zero-order valence-corrected chi connectivity index (χ0v) is 12.4. The summed E-state index contributed by atoms with van der Waals surface area (Å²) in [7, 11) is -3.59. The maximum absolute atomic E-state index is 12.0. The fourth-order valence-electron chi connectivity index (χ4n) is 2.31. The average molecular weight is 309 g/mol. The van der Waals surface area contributed by atoms with Crippen LogP contribution in [0, 0.1) is 0 Å². The number of rotatable bonds is 4.